The van der Waals surface area contributed by atoms with Gasteiger partial charge in [-0.15, -0.1) is 0 Å². The smallest absolute Gasteiger partial charge is 0.337 e. The summed E-state index contributed by atoms with van der Waals surface area (Å²) in [6, 6.07) is 2.31. The minimum absolute atomic E-state index is 0.0190. The molecule has 31 heavy (non-hydrogen) atoms. The van der Waals surface area contributed by atoms with Crippen molar-refractivity contribution in [3.8, 4) is 5.75 Å². The quantitative estimate of drug-likeness (QED) is 0.309. The Kier molecular flexibility index (Phi) is 6.55. The third-order valence-electron chi connectivity index (χ3n) is 5.19. The molecule has 0 spiro atoms. The van der Waals surface area contributed by atoms with Gasteiger partial charge < -0.3 is 25.4 Å². The molecule has 9 nitrogen and oxygen atoms in total. The van der Waals surface area contributed by atoms with Gasteiger partial charge in [0.2, 0.25) is 10.9 Å². The van der Waals surface area contributed by atoms with Crippen molar-refractivity contribution >= 4 is 34.2 Å². The number of carboxylic acids is 1. The summed E-state index contributed by atoms with van der Waals surface area (Å²) in [4.78, 5) is 45.8. The molecule has 0 amide bonds. The number of unbranched alkanes of at least 4 members (excludes halogenated alkanes) is 2. The summed E-state index contributed by atoms with van der Waals surface area (Å²) in [5, 5.41) is 23.4. The van der Waals surface area contributed by atoms with Crippen LogP contribution in [0, 0.1) is 6.92 Å². The molecular weight excluding hydrogens is 400 g/mol. The summed E-state index contributed by atoms with van der Waals surface area (Å²) in [5.41, 5.74) is -1.01. The zero-order valence-electron chi connectivity index (χ0n) is 17.8. The molecule has 0 aliphatic rings. The van der Waals surface area contributed by atoms with Crippen LogP contribution in [0.15, 0.2) is 21.7 Å². The van der Waals surface area contributed by atoms with E-state index in [2.05, 4.69) is 20.2 Å². The van der Waals surface area contributed by atoms with E-state index in [1.54, 1.807) is 6.20 Å². The predicted octanol–water partition coefficient (Wildman–Crippen LogP) is 0.927. The molecule has 0 fully saturated rings. The largest absolute Gasteiger partial charge is 0.507 e. The van der Waals surface area contributed by atoms with Gasteiger partial charge in [0, 0.05) is 18.3 Å². The van der Waals surface area contributed by atoms with E-state index in [1.165, 1.54) is 13.0 Å². The third-order valence-corrected chi connectivity index (χ3v) is 5.19. The normalized spacial score (nSPS) is 12.2. The number of fused-ring (bicyclic) bond motifs is 2. The van der Waals surface area contributed by atoms with Crippen LogP contribution in [-0.2, 0) is 0 Å². The van der Waals surface area contributed by atoms with Crippen LogP contribution in [0.3, 0.4) is 0 Å². The fourth-order valence-electron chi connectivity index (χ4n) is 3.45. The highest BCUT2D eigenvalue weighted by atomic mass is 16.4. The van der Waals surface area contributed by atoms with Gasteiger partial charge in [-0.1, -0.05) is 6.42 Å². The number of nitrogens with one attached hydrogen (secondary N) is 2. The van der Waals surface area contributed by atoms with Crippen molar-refractivity contribution in [3.05, 3.63) is 48.9 Å². The van der Waals surface area contributed by atoms with E-state index in [0.717, 1.165) is 31.9 Å². The average molecular weight is 426 g/mol. The first kappa shape index (κ1) is 22.2. The van der Waals surface area contributed by atoms with Gasteiger partial charge in [-0.3, -0.25) is 9.59 Å². The summed E-state index contributed by atoms with van der Waals surface area (Å²) in [7, 11) is 4.06. The molecule has 0 aliphatic carbocycles. The maximum absolute atomic E-state index is 12.7. The molecule has 9 heteroatoms. The molecule has 0 saturated heterocycles. The van der Waals surface area contributed by atoms with E-state index in [4.69, 9.17) is 0 Å². The third kappa shape index (κ3) is 4.51. The lowest BCUT2D eigenvalue weighted by Gasteiger charge is -2.09. The maximum Gasteiger partial charge on any atom is 0.337 e. The van der Waals surface area contributed by atoms with Gasteiger partial charge in [0.05, 0.1) is 16.3 Å². The van der Waals surface area contributed by atoms with Crippen LogP contribution in [0.2, 0.25) is 0 Å². The fourth-order valence-corrected chi connectivity index (χ4v) is 3.45. The number of aromatic carboxylic acids is 1. The first-order valence-electron chi connectivity index (χ1n) is 10.1. The number of carbonyl (C=O) groups is 1. The summed E-state index contributed by atoms with van der Waals surface area (Å²) in [6.07, 6.45) is 4.62. The Morgan fingerprint density at radius 3 is 2.58 bits per heavy atom. The Labute approximate surface area is 178 Å². The minimum atomic E-state index is -1.24. The lowest BCUT2D eigenvalue weighted by Crippen LogP contribution is -2.22. The molecule has 0 atom stereocenters. The molecular formula is C22H26N4O5. The fraction of sp³-hybridized carbons (Fsp3) is 0.364. The molecule has 3 aromatic rings. The van der Waals surface area contributed by atoms with Gasteiger partial charge in [0.1, 0.15) is 22.3 Å². The summed E-state index contributed by atoms with van der Waals surface area (Å²) >= 11 is 0. The van der Waals surface area contributed by atoms with Gasteiger partial charge in [0.25, 0.3) is 0 Å². The van der Waals surface area contributed by atoms with Crippen LogP contribution in [0.5, 0.6) is 5.75 Å². The van der Waals surface area contributed by atoms with E-state index in [1.807, 2.05) is 14.1 Å². The number of phenolic OH excluding ortho intramolecular Hbond substituents is 1. The second-order valence-electron chi connectivity index (χ2n) is 7.78. The molecule has 0 radical (unpaired) electrons. The molecule has 0 bridgehead atoms. The number of benzene rings is 2. The number of aromatic nitrogens is 2. The lowest BCUT2D eigenvalue weighted by molar-refractivity contribution is 0.0699. The second-order valence-corrected chi connectivity index (χ2v) is 7.78. The van der Waals surface area contributed by atoms with Crippen LogP contribution in [0.1, 0.15) is 35.2 Å². The van der Waals surface area contributed by atoms with Crippen molar-refractivity contribution in [2.45, 2.75) is 26.2 Å². The summed E-state index contributed by atoms with van der Waals surface area (Å²) in [5.74, 6) is -1.47. The highest BCUT2D eigenvalue weighted by Gasteiger charge is 2.17. The van der Waals surface area contributed by atoms with E-state index < -0.39 is 16.8 Å². The van der Waals surface area contributed by atoms with Crippen LogP contribution in [0.4, 0.5) is 0 Å². The monoisotopic (exact) mass is 426 g/mol. The van der Waals surface area contributed by atoms with Crippen LogP contribution in [-0.4, -0.2) is 58.2 Å². The molecule has 1 aromatic heterocycles. The Bertz CT molecular complexity index is 1310. The molecule has 2 aromatic carbocycles. The van der Waals surface area contributed by atoms with Crippen molar-refractivity contribution in [2.75, 3.05) is 27.2 Å². The van der Waals surface area contributed by atoms with Crippen molar-refractivity contribution in [3.63, 3.8) is 0 Å². The number of nitrogens with zero attached hydrogens (tertiary/aromatic N) is 2. The van der Waals surface area contributed by atoms with Crippen LogP contribution >= 0.6 is 0 Å². The van der Waals surface area contributed by atoms with Gasteiger partial charge in [-0.2, -0.15) is 0 Å². The van der Waals surface area contributed by atoms with Crippen molar-refractivity contribution in [1.29, 1.82) is 0 Å². The van der Waals surface area contributed by atoms with Crippen molar-refractivity contribution in [1.82, 2.24) is 20.2 Å². The van der Waals surface area contributed by atoms with Gasteiger partial charge in [-0.25, -0.2) is 9.78 Å². The molecule has 164 valence electrons. The van der Waals surface area contributed by atoms with Gasteiger partial charge in [0.15, 0.2) is 0 Å². The number of aromatic amines is 1. The predicted molar refractivity (Wildman–Crippen MR) is 120 cm³/mol. The molecule has 0 aliphatic heterocycles. The van der Waals surface area contributed by atoms with Crippen molar-refractivity contribution < 1.29 is 15.0 Å². The number of rotatable bonds is 8. The lowest BCUT2D eigenvalue weighted by atomic mass is 10.1. The van der Waals surface area contributed by atoms with Crippen LogP contribution < -0.4 is 21.4 Å². The summed E-state index contributed by atoms with van der Waals surface area (Å²) in [6.45, 7) is 3.16. The van der Waals surface area contributed by atoms with Crippen LogP contribution in [0.25, 0.3) is 28.3 Å². The standard InChI is InChI=1S/C22H26N4O5/c1-12-20(28)14(11-23-9-5-4-6-10-26(2)3)17-19(21(12)29)25-16-13(22(30)31)7-8-15(27)18(16)24-17/h7-8,11,23,25,28H,4-6,9-10H2,1-3H3,(H,30,31). The van der Waals surface area contributed by atoms with E-state index in [0.29, 0.717) is 6.54 Å². The Morgan fingerprint density at radius 2 is 1.90 bits per heavy atom. The average Bonchev–Trinajstić information content (AvgIpc) is 2.72. The Balaban J connectivity index is 2.08. The summed E-state index contributed by atoms with van der Waals surface area (Å²) < 4.78 is 0. The Morgan fingerprint density at radius 1 is 1.16 bits per heavy atom. The highest BCUT2D eigenvalue weighted by Crippen LogP contribution is 2.17. The number of aromatic hydroxyl groups is 1. The number of hydrogen-bond acceptors (Lipinski definition) is 7. The first-order chi connectivity index (χ1) is 14.7. The molecule has 0 unspecified atom stereocenters. The maximum atomic E-state index is 12.7. The van der Waals surface area contributed by atoms with Crippen molar-refractivity contribution in [2.24, 2.45) is 0 Å². The molecule has 3 rings (SSSR count). The van der Waals surface area contributed by atoms with Gasteiger partial charge in [-0.05, 0) is 52.5 Å². The van der Waals surface area contributed by atoms with E-state index in [9.17, 15) is 24.6 Å². The molecule has 4 N–H and O–H groups in total. The molecule has 0 saturated carbocycles. The Hall–Kier alpha value is -3.46. The number of phenols is 1. The zero-order valence-corrected chi connectivity index (χ0v) is 17.8. The second kappa shape index (κ2) is 9.13. The van der Waals surface area contributed by atoms with E-state index >= 15 is 0 Å². The number of carboxylic acid groups (broad SMARTS) is 1. The van der Waals surface area contributed by atoms with E-state index in [-0.39, 0.29) is 44.2 Å². The number of H-pyrrole nitrogens is 1. The first-order valence-corrected chi connectivity index (χ1v) is 10.1. The minimum Gasteiger partial charge on any atom is -0.507 e. The van der Waals surface area contributed by atoms with Gasteiger partial charge >= 0.3 is 5.97 Å². The SMILES string of the molecule is Cc1c(O)c(=CNCCCCCN(C)C)c2nc3c(=O)ccc(C(=O)O)c3[nH]c2c1=O. The molecule has 1 heterocycles. The topological polar surface area (TPSA) is 136 Å². The zero-order chi connectivity index (χ0) is 22.7. The number of hydrogen-bond donors (Lipinski definition) is 4. The highest BCUT2D eigenvalue weighted by molar-refractivity contribution is 6.02.